The van der Waals surface area contributed by atoms with Crippen LogP contribution in [-0.4, -0.2) is 27.5 Å². The maximum Gasteiger partial charge on any atom is 0.321 e. The number of rotatable bonds is 3. The summed E-state index contributed by atoms with van der Waals surface area (Å²) in [5.41, 5.74) is 0.183. The van der Waals surface area contributed by atoms with Crippen molar-refractivity contribution >= 4 is 21.9 Å². The molecular weight excluding hydrogens is 276 g/mol. The van der Waals surface area contributed by atoms with E-state index in [1.807, 2.05) is 6.07 Å². The lowest BCUT2D eigenvalue weighted by Gasteiger charge is -2.08. The van der Waals surface area contributed by atoms with Crippen LogP contribution >= 0.6 is 15.9 Å². The van der Waals surface area contributed by atoms with Crippen molar-refractivity contribution in [3.05, 3.63) is 17.7 Å². The molecule has 1 unspecified atom stereocenters. The molecule has 82 valence electrons. The number of nitriles is 2. The molecule has 1 aromatic heterocycles. The highest BCUT2D eigenvalue weighted by atomic mass is 79.9. The van der Waals surface area contributed by atoms with Crippen molar-refractivity contribution in [2.24, 2.45) is 0 Å². The lowest BCUT2D eigenvalue weighted by molar-refractivity contribution is -0.140. The van der Waals surface area contributed by atoms with Crippen LogP contribution in [0.2, 0.25) is 0 Å². The summed E-state index contributed by atoms with van der Waals surface area (Å²) >= 11 is 3.12. The Hall–Kier alpha value is -1.86. The van der Waals surface area contributed by atoms with E-state index in [2.05, 4.69) is 25.7 Å². The van der Waals surface area contributed by atoms with Gasteiger partial charge in [0, 0.05) is 6.54 Å². The van der Waals surface area contributed by atoms with Gasteiger partial charge in [-0.1, -0.05) is 15.9 Å². The monoisotopic (exact) mass is 282 g/mol. The van der Waals surface area contributed by atoms with Gasteiger partial charge in [0.05, 0.1) is 13.4 Å². The fourth-order valence-electron chi connectivity index (χ4n) is 1.09. The zero-order valence-corrected chi connectivity index (χ0v) is 9.93. The van der Waals surface area contributed by atoms with Crippen LogP contribution in [0.4, 0.5) is 0 Å². The molecule has 0 bridgehead atoms. The first-order valence-corrected chi connectivity index (χ1v) is 5.12. The number of hydrogen-bond acceptors (Lipinski definition) is 5. The zero-order valence-electron chi connectivity index (χ0n) is 8.35. The van der Waals surface area contributed by atoms with Gasteiger partial charge in [-0.15, -0.1) is 0 Å². The van der Waals surface area contributed by atoms with E-state index in [1.165, 1.54) is 18.0 Å². The standard InChI is InChI=1S/C9H7BrN4O2/c1-16-9(15)6(10)4-14-5-13-7(2-11)8(14)3-12/h5-6H,4H2,1H3. The molecule has 6 nitrogen and oxygen atoms in total. The molecule has 0 amide bonds. The fraction of sp³-hybridized carbons (Fsp3) is 0.333. The second-order valence-electron chi connectivity index (χ2n) is 2.81. The number of carbonyl (C=O) groups is 1. The van der Waals surface area contributed by atoms with Crippen LogP contribution < -0.4 is 0 Å². The van der Waals surface area contributed by atoms with Crippen molar-refractivity contribution in [1.82, 2.24) is 9.55 Å². The van der Waals surface area contributed by atoms with Crippen molar-refractivity contribution in [3.63, 3.8) is 0 Å². The Balaban J connectivity index is 2.91. The molecule has 1 atom stereocenters. The molecule has 0 aromatic carbocycles. The van der Waals surface area contributed by atoms with Gasteiger partial charge >= 0.3 is 5.97 Å². The highest BCUT2D eigenvalue weighted by Crippen LogP contribution is 2.10. The van der Waals surface area contributed by atoms with Crippen LogP contribution in [0.5, 0.6) is 0 Å². The SMILES string of the molecule is COC(=O)C(Br)Cn1cnc(C#N)c1C#N. The van der Waals surface area contributed by atoms with Gasteiger partial charge in [-0.25, -0.2) is 4.98 Å². The Morgan fingerprint density at radius 2 is 2.38 bits per heavy atom. The van der Waals surface area contributed by atoms with Gasteiger partial charge in [0.2, 0.25) is 0 Å². The van der Waals surface area contributed by atoms with Crippen molar-refractivity contribution < 1.29 is 9.53 Å². The highest BCUT2D eigenvalue weighted by Gasteiger charge is 2.19. The summed E-state index contributed by atoms with van der Waals surface area (Å²) < 4.78 is 5.95. The summed E-state index contributed by atoms with van der Waals surface area (Å²) in [7, 11) is 1.27. The number of esters is 1. The molecular formula is C9H7BrN4O2. The van der Waals surface area contributed by atoms with Crippen molar-refractivity contribution in [3.8, 4) is 12.1 Å². The number of ether oxygens (including phenoxy) is 1. The normalized spacial score (nSPS) is 11.2. The van der Waals surface area contributed by atoms with Gasteiger partial charge in [0.15, 0.2) is 11.4 Å². The number of imidazole rings is 1. The van der Waals surface area contributed by atoms with E-state index >= 15 is 0 Å². The largest absolute Gasteiger partial charge is 0.468 e. The van der Waals surface area contributed by atoms with Crippen LogP contribution in [0.25, 0.3) is 0 Å². The van der Waals surface area contributed by atoms with Crippen LogP contribution in [0, 0.1) is 22.7 Å². The zero-order chi connectivity index (χ0) is 12.1. The third-order valence-corrected chi connectivity index (χ3v) is 2.53. The molecule has 0 aliphatic carbocycles. The lowest BCUT2D eigenvalue weighted by Crippen LogP contribution is -2.21. The number of carbonyl (C=O) groups excluding carboxylic acids is 1. The van der Waals surface area contributed by atoms with Crippen LogP contribution in [0.3, 0.4) is 0 Å². The third kappa shape index (κ3) is 2.38. The van der Waals surface area contributed by atoms with Crippen LogP contribution in [0.1, 0.15) is 11.4 Å². The summed E-state index contributed by atoms with van der Waals surface area (Å²) in [6.07, 6.45) is 1.34. The number of hydrogen-bond donors (Lipinski definition) is 0. The molecule has 0 radical (unpaired) electrons. The molecule has 7 heteroatoms. The van der Waals surface area contributed by atoms with E-state index in [-0.39, 0.29) is 17.9 Å². The first-order valence-electron chi connectivity index (χ1n) is 4.21. The molecule has 0 aliphatic rings. The van der Waals surface area contributed by atoms with Gasteiger partial charge in [-0.05, 0) is 0 Å². The maximum atomic E-state index is 11.1. The molecule has 0 N–H and O–H groups in total. The van der Waals surface area contributed by atoms with Gasteiger partial charge in [0.25, 0.3) is 0 Å². The molecule has 0 saturated carbocycles. The topological polar surface area (TPSA) is 91.7 Å². The lowest BCUT2D eigenvalue weighted by atomic mass is 10.3. The first-order chi connectivity index (χ1) is 7.63. The predicted molar refractivity (Wildman–Crippen MR) is 56.4 cm³/mol. The summed E-state index contributed by atoms with van der Waals surface area (Å²) in [6, 6.07) is 3.66. The molecule has 0 saturated heterocycles. The average molecular weight is 283 g/mol. The molecule has 1 heterocycles. The summed E-state index contributed by atoms with van der Waals surface area (Å²) in [6.45, 7) is 0.185. The second kappa shape index (κ2) is 5.29. The Kier molecular flexibility index (Phi) is 4.03. The van der Waals surface area contributed by atoms with Crippen molar-refractivity contribution in [2.75, 3.05) is 7.11 Å². The van der Waals surface area contributed by atoms with E-state index < -0.39 is 10.8 Å². The van der Waals surface area contributed by atoms with Gasteiger partial charge in [-0.2, -0.15) is 10.5 Å². The Labute approximate surface area is 100 Å². The Morgan fingerprint density at radius 1 is 1.69 bits per heavy atom. The fourth-order valence-corrected chi connectivity index (χ4v) is 1.59. The first kappa shape index (κ1) is 12.2. The van der Waals surface area contributed by atoms with E-state index in [9.17, 15) is 4.79 Å². The van der Waals surface area contributed by atoms with Crippen molar-refractivity contribution in [2.45, 2.75) is 11.4 Å². The summed E-state index contributed by atoms with van der Waals surface area (Å²) in [5.74, 6) is -0.448. The number of halogens is 1. The Bertz CT molecular complexity index is 483. The minimum Gasteiger partial charge on any atom is -0.468 e. The van der Waals surface area contributed by atoms with E-state index in [4.69, 9.17) is 10.5 Å². The van der Waals surface area contributed by atoms with Crippen molar-refractivity contribution in [1.29, 1.82) is 10.5 Å². The van der Waals surface area contributed by atoms with E-state index in [0.717, 1.165) is 0 Å². The minimum atomic E-state index is -0.578. The van der Waals surface area contributed by atoms with E-state index in [0.29, 0.717) is 0 Å². The summed E-state index contributed by atoms with van der Waals surface area (Å²) in [4.78, 5) is 14.3. The molecule has 1 aromatic rings. The van der Waals surface area contributed by atoms with Crippen LogP contribution in [0.15, 0.2) is 6.33 Å². The minimum absolute atomic E-state index is 0.0482. The number of aromatic nitrogens is 2. The quantitative estimate of drug-likeness (QED) is 0.597. The molecule has 0 spiro atoms. The smallest absolute Gasteiger partial charge is 0.321 e. The maximum absolute atomic E-state index is 11.1. The number of methoxy groups -OCH3 is 1. The van der Waals surface area contributed by atoms with E-state index in [1.54, 1.807) is 6.07 Å². The van der Waals surface area contributed by atoms with Gasteiger partial charge < -0.3 is 9.30 Å². The molecule has 0 fully saturated rings. The second-order valence-corrected chi connectivity index (χ2v) is 3.91. The summed E-state index contributed by atoms with van der Waals surface area (Å²) in [5, 5.41) is 17.5. The molecule has 1 rings (SSSR count). The van der Waals surface area contributed by atoms with Gasteiger partial charge in [0.1, 0.15) is 17.0 Å². The molecule has 16 heavy (non-hydrogen) atoms. The third-order valence-electron chi connectivity index (χ3n) is 1.86. The number of nitrogens with zero attached hydrogens (tertiary/aromatic N) is 4. The average Bonchev–Trinajstić information content (AvgIpc) is 2.69. The Morgan fingerprint density at radius 3 is 2.88 bits per heavy atom. The van der Waals surface area contributed by atoms with Crippen LogP contribution in [-0.2, 0) is 16.1 Å². The van der Waals surface area contributed by atoms with Gasteiger partial charge in [-0.3, -0.25) is 4.79 Å². The predicted octanol–water partition coefficient (Wildman–Crippen LogP) is 0.563. The molecule has 0 aliphatic heterocycles. The highest BCUT2D eigenvalue weighted by molar-refractivity contribution is 9.10. The number of alkyl halides is 1.